The van der Waals surface area contributed by atoms with E-state index in [0.29, 0.717) is 5.56 Å². The summed E-state index contributed by atoms with van der Waals surface area (Å²) in [4.78, 5) is 39.4. The lowest BCUT2D eigenvalue weighted by Gasteiger charge is -2.49. The van der Waals surface area contributed by atoms with E-state index in [2.05, 4.69) is 0 Å². The molecule has 0 radical (unpaired) electrons. The number of rotatable bonds is 2. The number of hydrogen-bond donors (Lipinski definition) is 1. The zero-order valence-corrected chi connectivity index (χ0v) is 16.9. The van der Waals surface area contributed by atoms with Crippen molar-refractivity contribution in [2.24, 2.45) is 5.41 Å². The first-order valence-electron chi connectivity index (χ1n) is 10.3. The molecule has 31 heavy (non-hydrogen) atoms. The lowest BCUT2D eigenvalue weighted by molar-refractivity contribution is -0.535. The largest absolute Gasteiger partial charge is 0.389 e. The minimum Gasteiger partial charge on any atom is -0.389 e. The summed E-state index contributed by atoms with van der Waals surface area (Å²) < 4.78 is 0. The summed E-state index contributed by atoms with van der Waals surface area (Å²) in [7, 11) is 0. The van der Waals surface area contributed by atoms with Crippen LogP contribution >= 0.6 is 0 Å². The van der Waals surface area contributed by atoms with Crippen molar-refractivity contribution in [3.05, 3.63) is 93.5 Å². The molecule has 156 valence electrons. The Kier molecular flexibility index (Phi) is 4.14. The Labute approximate surface area is 178 Å². The summed E-state index contributed by atoms with van der Waals surface area (Å²) in [5.41, 5.74) is -2.68. The molecule has 3 aromatic rings. The number of aliphatic hydroxyl groups is 1. The van der Waals surface area contributed by atoms with Crippen molar-refractivity contribution in [2.75, 3.05) is 0 Å². The quantitative estimate of drug-likeness (QED) is 0.385. The summed E-state index contributed by atoms with van der Waals surface area (Å²) in [5.74, 6) is -2.13. The van der Waals surface area contributed by atoms with Crippen molar-refractivity contribution < 1.29 is 19.6 Å². The minimum absolute atomic E-state index is 0.00576. The number of fused-ring (bicyclic) bond motifs is 2. The van der Waals surface area contributed by atoms with Gasteiger partial charge in [-0.15, -0.1) is 0 Å². The molecule has 6 heteroatoms. The average Bonchev–Trinajstić information content (AvgIpc) is 2.98. The van der Waals surface area contributed by atoms with Gasteiger partial charge >= 0.3 is 0 Å². The van der Waals surface area contributed by atoms with Crippen molar-refractivity contribution in [1.29, 1.82) is 0 Å². The molecule has 1 saturated carbocycles. The number of nitrogens with zero attached hydrogens (tertiary/aromatic N) is 1. The van der Waals surface area contributed by atoms with Crippen molar-refractivity contribution in [2.45, 2.75) is 37.3 Å². The molecule has 0 aromatic heterocycles. The Morgan fingerprint density at radius 3 is 2.13 bits per heavy atom. The van der Waals surface area contributed by atoms with Gasteiger partial charge in [-0.3, -0.25) is 19.7 Å². The van der Waals surface area contributed by atoms with Crippen molar-refractivity contribution >= 4 is 22.3 Å². The smallest absolute Gasteiger partial charge is 0.221 e. The molecule has 6 nitrogen and oxygen atoms in total. The van der Waals surface area contributed by atoms with Gasteiger partial charge in [0.2, 0.25) is 6.04 Å². The number of carbonyl (C=O) groups excluding carboxylic acids is 2. The molecule has 0 aliphatic heterocycles. The highest BCUT2D eigenvalue weighted by Gasteiger charge is 2.72. The predicted octanol–water partition coefficient (Wildman–Crippen LogP) is 4.18. The Morgan fingerprint density at radius 2 is 1.52 bits per heavy atom. The minimum atomic E-state index is -1.94. The van der Waals surface area contributed by atoms with E-state index in [1.165, 1.54) is 6.92 Å². The average molecular weight is 415 g/mol. The molecule has 0 heterocycles. The maximum absolute atomic E-state index is 13.8. The van der Waals surface area contributed by atoms with Gasteiger partial charge in [-0.05, 0) is 29.7 Å². The third kappa shape index (κ3) is 2.48. The van der Waals surface area contributed by atoms with Crippen LogP contribution in [0.25, 0.3) is 10.8 Å². The Balaban J connectivity index is 1.82. The number of benzene rings is 3. The molecule has 0 unspecified atom stereocenters. The number of nitro groups is 1. The first-order valence-corrected chi connectivity index (χ1v) is 10.3. The zero-order valence-electron chi connectivity index (χ0n) is 16.9. The van der Waals surface area contributed by atoms with Crippen molar-refractivity contribution in [1.82, 2.24) is 0 Å². The van der Waals surface area contributed by atoms with E-state index in [4.69, 9.17) is 0 Å². The molecule has 0 amide bonds. The summed E-state index contributed by atoms with van der Waals surface area (Å²) in [6.45, 7) is 1.47. The molecule has 5 rings (SSSR count). The van der Waals surface area contributed by atoms with Crippen LogP contribution in [0.3, 0.4) is 0 Å². The summed E-state index contributed by atoms with van der Waals surface area (Å²) in [6.07, 6.45) is 0.0738. The molecule has 3 atom stereocenters. The molecule has 0 saturated heterocycles. The topological polar surface area (TPSA) is 97.5 Å². The van der Waals surface area contributed by atoms with E-state index in [0.717, 1.165) is 10.8 Å². The van der Waals surface area contributed by atoms with Crippen molar-refractivity contribution in [3.63, 3.8) is 0 Å². The van der Waals surface area contributed by atoms with Gasteiger partial charge in [0.05, 0.1) is 11.5 Å². The highest BCUT2D eigenvalue weighted by molar-refractivity contribution is 6.31. The fraction of sp³-hybridized carbons (Fsp3) is 0.280. The number of hydrogen-bond acceptors (Lipinski definition) is 5. The van der Waals surface area contributed by atoms with Crippen LogP contribution in [-0.2, 0) is 0 Å². The molecule has 1 fully saturated rings. The van der Waals surface area contributed by atoms with Gasteiger partial charge in [-0.25, -0.2) is 0 Å². The second-order valence-corrected chi connectivity index (χ2v) is 8.76. The molecule has 1 spiro atoms. The summed E-state index contributed by atoms with van der Waals surface area (Å²) >= 11 is 0. The van der Waals surface area contributed by atoms with Gasteiger partial charge in [-0.2, -0.15) is 0 Å². The third-order valence-corrected chi connectivity index (χ3v) is 7.16. The van der Waals surface area contributed by atoms with E-state index in [1.54, 1.807) is 30.3 Å². The lowest BCUT2D eigenvalue weighted by Crippen LogP contribution is -2.63. The summed E-state index contributed by atoms with van der Waals surface area (Å²) in [5, 5.41) is 25.5. The molecule has 3 aromatic carbocycles. The zero-order chi connectivity index (χ0) is 22.0. The number of ketones is 2. The SMILES string of the molecule is C[C@]1(O)CC[C@@H]([N+](=O)[O-])[C@H](c2ccc3ccccc3c2)C12C(=O)c1ccccc1C2=O. The maximum Gasteiger partial charge on any atom is 0.221 e. The van der Waals surface area contributed by atoms with E-state index in [9.17, 15) is 24.8 Å². The fourth-order valence-corrected chi connectivity index (χ4v) is 5.70. The van der Waals surface area contributed by atoms with E-state index < -0.39 is 39.5 Å². The predicted molar refractivity (Wildman–Crippen MR) is 115 cm³/mol. The van der Waals surface area contributed by atoms with Crippen LogP contribution in [0.2, 0.25) is 0 Å². The standard InChI is InChI=1S/C25H21NO5/c1-24(29)13-12-20(26(30)31)21(17-11-10-15-6-2-3-7-16(15)14-17)25(24)22(27)18-8-4-5-9-19(18)23(25)28/h2-11,14,20-21,29H,12-13H2,1H3/t20-,21+,24+/m1/s1. The van der Waals surface area contributed by atoms with Crippen LogP contribution in [0, 0.1) is 15.5 Å². The van der Waals surface area contributed by atoms with E-state index in [-0.39, 0.29) is 24.0 Å². The molecule has 2 aliphatic carbocycles. The van der Waals surface area contributed by atoms with Crippen LogP contribution in [0.15, 0.2) is 66.7 Å². The van der Waals surface area contributed by atoms with E-state index >= 15 is 0 Å². The molecule has 0 bridgehead atoms. The monoisotopic (exact) mass is 415 g/mol. The van der Waals surface area contributed by atoms with Gasteiger partial charge in [-0.1, -0.05) is 66.7 Å². The van der Waals surface area contributed by atoms with Gasteiger partial charge in [0.25, 0.3) is 0 Å². The van der Waals surface area contributed by atoms with E-state index in [1.807, 2.05) is 36.4 Å². The second kappa shape index (κ2) is 6.56. The molecule has 2 aliphatic rings. The molecular formula is C25H21NO5. The highest BCUT2D eigenvalue weighted by Crippen LogP contribution is 2.59. The second-order valence-electron chi connectivity index (χ2n) is 8.76. The van der Waals surface area contributed by atoms with Crippen LogP contribution in [0.5, 0.6) is 0 Å². The van der Waals surface area contributed by atoms with Gasteiger partial charge in [0, 0.05) is 22.5 Å². The maximum atomic E-state index is 13.8. The van der Waals surface area contributed by atoms with Crippen molar-refractivity contribution in [3.8, 4) is 0 Å². The van der Waals surface area contributed by atoms with Gasteiger partial charge in [0.1, 0.15) is 5.41 Å². The Hall–Kier alpha value is -3.38. The van der Waals surface area contributed by atoms with Gasteiger partial charge in [0.15, 0.2) is 11.6 Å². The molecule has 1 N–H and O–H groups in total. The van der Waals surface area contributed by atoms with Crippen LogP contribution in [0.4, 0.5) is 0 Å². The first-order chi connectivity index (χ1) is 14.8. The molecular weight excluding hydrogens is 394 g/mol. The third-order valence-electron chi connectivity index (χ3n) is 7.16. The fourth-order valence-electron chi connectivity index (χ4n) is 5.70. The van der Waals surface area contributed by atoms with Crippen LogP contribution in [0.1, 0.15) is 52.0 Å². The number of Topliss-reactive ketones (excluding diaryl/α,β-unsaturated/α-hetero) is 2. The first kappa shape index (κ1) is 19.6. The highest BCUT2D eigenvalue weighted by atomic mass is 16.6. The number of carbonyl (C=O) groups is 2. The van der Waals surface area contributed by atoms with Crippen LogP contribution < -0.4 is 0 Å². The Morgan fingerprint density at radius 1 is 0.935 bits per heavy atom. The van der Waals surface area contributed by atoms with Gasteiger partial charge < -0.3 is 5.11 Å². The summed E-state index contributed by atoms with van der Waals surface area (Å²) in [6, 6.07) is 18.3. The Bertz CT molecular complexity index is 1230. The normalized spacial score (nSPS) is 26.9. The lowest BCUT2D eigenvalue weighted by atomic mass is 9.52. The van der Waals surface area contributed by atoms with Crippen LogP contribution in [-0.4, -0.2) is 33.2 Å².